The van der Waals surface area contributed by atoms with Crippen LogP contribution in [0.4, 0.5) is 0 Å². The zero-order valence-corrected chi connectivity index (χ0v) is 5.76. The predicted octanol–water partition coefficient (Wildman–Crippen LogP) is 0.886. The van der Waals surface area contributed by atoms with Crippen LogP contribution in [0.5, 0.6) is 0 Å². The molecule has 0 saturated heterocycles. The Morgan fingerprint density at radius 2 is 2.33 bits per heavy atom. The number of carboxylic acids is 1. The minimum Gasteiger partial charge on any atom is -0.480 e. The molecule has 0 rings (SSSR count). The van der Waals surface area contributed by atoms with Crippen LogP contribution in [0.3, 0.4) is 0 Å². The van der Waals surface area contributed by atoms with Crippen molar-refractivity contribution in [2.45, 2.75) is 26.4 Å². The summed E-state index contributed by atoms with van der Waals surface area (Å²) in [4.78, 5) is 9.89. The molecule has 0 aromatic rings. The molecule has 0 aliphatic rings. The average Bonchev–Trinajstić information content (AvgIpc) is 1.83. The van der Waals surface area contributed by atoms with Gasteiger partial charge in [-0.05, 0) is 13.3 Å². The molecule has 0 unspecified atom stereocenters. The van der Waals surface area contributed by atoms with Crippen molar-refractivity contribution in [3.8, 4) is 0 Å². The number of carboxylic acid groups (broad SMARTS) is 1. The molecular weight excluding hydrogens is 120 g/mol. The van der Waals surface area contributed by atoms with Gasteiger partial charge in [0, 0.05) is 0 Å². The second-order valence-electron chi connectivity index (χ2n) is 1.92. The number of aliphatic carboxylic acids is 1. The first kappa shape index (κ1) is 8.43. The molecule has 0 radical (unpaired) electrons. The molecule has 3 nitrogen and oxygen atoms in total. The van der Waals surface area contributed by atoms with Crippen molar-refractivity contribution in [2.75, 3.05) is 6.61 Å². The summed E-state index contributed by atoms with van der Waals surface area (Å²) in [5.74, 6) is -0.907. The molecule has 0 fully saturated rings. The van der Waals surface area contributed by atoms with E-state index in [-0.39, 0.29) is 12.7 Å². The highest BCUT2D eigenvalue weighted by atomic mass is 16.5. The van der Waals surface area contributed by atoms with E-state index in [1.54, 1.807) is 0 Å². The van der Waals surface area contributed by atoms with Gasteiger partial charge in [-0.25, -0.2) is 4.79 Å². The predicted molar refractivity (Wildman–Crippen MR) is 33.3 cm³/mol. The van der Waals surface area contributed by atoms with Crippen molar-refractivity contribution in [1.29, 1.82) is 0 Å². The van der Waals surface area contributed by atoms with E-state index < -0.39 is 5.97 Å². The highest BCUT2D eigenvalue weighted by Crippen LogP contribution is 1.93. The van der Waals surface area contributed by atoms with E-state index in [1.165, 1.54) is 0 Å². The molecule has 3 heteroatoms. The van der Waals surface area contributed by atoms with Crippen LogP contribution in [0.15, 0.2) is 0 Å². The molecule has 0 aliphatic heterocycles. The van der Waals surface area contributed by atoms with Crippen molar-refractivity contribution < 1.29 is 14.6 Å². The van der Waals surface area contributed by atoms with Crippen LogP contribution in [0.2, 0.25) is 0 Å². The fourth-order valence-corrected chi connectivity index (χ4v) is 0.331. The van der Waals surface area contributed by atoms with Crippen LogP contribution in [-0.2, 0) is 9.53 Å². The van der Waals surface area contributed by atoms with Gasteiger partial charge in [0.1, 0.15) is 6.61 Å². The topological polar surface area (TPSA) is 46.5 Å². The number of rotatable bonds is 4. The van der Waals surface area contributed by atoms with Crippen molar-refractivity contribution in [2.24, 2.45) is 0 Å². The molecule has 9 heavy (non-hydrogen) atoms. The van der Waals surface area contributed by atoms with Crippen LogP contribution >= 0.6 is 0 Å². The van der Waals surface area contributed by atoms with Crippen molar-refractivity contribution in [3.05, 3.63) is 0 Å². The van der Waals surface area contributed by atoms with Crippen molar-refractivity contribution in [1.82, 2.24) is 0 Å². The van der Waals surface area contributed by atoms with Gasteiger partial charge >= 0.3 is 5.97 Å². The van der Waals surface area contributed by atoms with Gasteiger partial charge in [-0.1, -0.05) is 6.92 Å². The molecule has 54 valence electrons. The quantitative estimate of drug-likeness (QED) is 0.617. The molecule has 0 bridgehead atoms. The third-order valence-electron chi connectivity index (χ3n) is 1.07. The Morgan fingerprint density at radius 3 is 2.67 bits per heavy atom. The summed E-state index contributed by atoms with van der Waals surface area (Å²) in [5.41, 5.74) is 0. The van der Waals surface area contributed by atoms with Crippen LogP contribution in [0.25, 0.3) is 0 Å². The standard InChI is InChI=1S/C6H12O3/c1-3-5(2)9-4-6(7)8/h5H,3-4H2,1-2H3,(H,7,8)/t5-/m0/s1. The van der Waals surface area contributed by atoms with E-state index in [2.05, 4.69) is 0 Å². The molecule has 0 aromatic carbocycles. The monoisotopic (exact) mass is 132 g/mol. The lowest BCUT2D eigenvalue weighted by Gasteiger charge is -2.06. The number of carbonyl (C=O) groups is 1. The summed E-state index contributed by atoms with van der Waals surface area (Å²) >= 11 is 0. The summed E-state index contributed by atoms with van der Waals surface area (Å²) in [6, 6.07) is 0. The van der Waals surface area contributed by atoms with E-state index in [4.69, 9.17) is 9.84 Å². The van der Waals surface area contributed by atoms with E-state index in [0.29, 0.717) is 0 Å². The molecule has 0 aromatic heterocycles. The summed E-state index contributed by atoms with van der Waals surface area (Å²) < 4.78 is 4.85. The Hall–Kier alpha value is -0.570. The first-order valence-electron chi connectivity index (χ1n) is 3.00. The summed E-state index contributed by atoms with van der Waals surface area (Å²) in [6.07, 6.45) is 0.911. The van der Waals surface area contributed by atoms with E-state index >= 15 is 0 Å². The van der Waals surface area contributed by atoms with Crippen LogP contribution < -0.4 is 0 Å². The Bertz CT molecular complexity index is 90.3. The third kappa shape index (κ3) is 5.30. The average molecular weight is 132 g/mol. The van der Waals surface area contributed by atoms with Gasteiger partial charge in [0.2, 0.25) is 0 Å². The van der Waals surface area contributed by atoms with Crippen molar-refractivity contribution >= 4 is 5.97 Å². The highest BCUT2D eigenvalue weighted by Gasteiger charge is 2.00. The molecule has 1 N–H and O–H groups in total. The first-order chi connectivity index (χ1) is 4.16. The van der Waals surface area contributed by atoms with E-state index in [1.807, 2.05) is 13.8 Å². The molecule has 1 atom stereocenters. The normalized spacial score (nSPS) is 13.1. The number of ether oxygens (including phenoxy) is 1. The Kier molecular flexibility index (Phi) is 4.05. The van der Waals surface area contributed by atoms with Crippen molar-refractivity contribution in [3.63, 3.8) is 0 Å². The SMILES string of the molecule is CC[C@H](C)OCC(=O)O. The van der Waals surface area contributed by atoms with Gasteiger partial charge < -0.3 is 9.84 Å². The van der Waals surface area contributed by atoms with Gasteiger partial charge in [-0.15, -0.1) is 0 Å². The molecule has 0 heterocycles. The Morgan fingerprint density at radius 1 is 1.78 bits per heavy atom. The molecule has 0 spiro atoms. The maximum Gasteiger partial charge on any atom is 0.329 e. The third-order valence-corrected chi connectivity index (χ3v) is 1.07. The lowest BCUT2D eigenvalue weighted by Crippen LogP contribution is -2.13. The van der Waals surface area contributed by atoms with Crippen LogP contribution in [-0.4, -0.2) is 23.8 Å². The Labute approximate surface area is 54.6 Å². The fraction of sp³-hybridized carbons (Fsp3) is 0.833. The molecule has 0 saturated carbocycles. The molecule has 0 aliphatic carbocycles. The maximum atomic E-state index is 9.89. The van der Waals surface area contributed by atoms with E-state index in [9.17, 15) is 4.79 Å². The van der Waals surface area contributed by atoms with Crippen LogP contribution in [0, 0.1) is 0 Å². The lowest BCUT2D eigenvalue weighted by molar-refractivity contribution is -0.144. The second kappa shape index (κ2) is 4.32. The highest BCUT2D eigenvalue weighted by molar-refractivity contribution is 5.68. The molecule has 0 amide bonds. The number of hydrogen-bond donors (Lipinski definition) is 1. The van der Waals surface area contributed by atoms with Gasteiger partial charge in [0.15, 0.2) is 0 Å². The van der Waals surface area contributed by atoms with Gasteiger partial charge in [-0.2, -0.15) is 0 Å². The van der Waals surface area contributed by atoms with Crippen LogP contribution in [0.1, 0.15) is 20.3 Å². The zero-order chi connectivity index (χ0) is 7.28. The lowest BCUT2D eigenvalue weighted by atomic mass is 10.3. The minimum absolute atomic E-state index is 0.0566. The second-order valence-corrected chi connectivity index (χ2v) is 1.92. The number of hydrogen-bond acceptors (Lipinski definition) is 2. The van der Waals surface area contributed by atoms with Gasteiger partial charge in [-0.3, -0.25) is 0 Å². The summed E-state index contributed by atoms with van der Waals surface area (Å²) in [6.45, 7) is 3.62. The Balaban J connectivity index is 3.16. The molecular formula is C6H12O3. The van der Waals surface area contributed by atoms with E-state index in [0.717, 1.165) is 6.42 Å². The fourth-order valence-electron chi connectivity index (χ4n) is 0.331. The maximum absolute atomic E-state index is 9.89. The van der Waals surface area contributed by atoms with Gasteiger partial charge in [0.05, 0.1) is 6.10 Å². The zero-order valence-electron chi connectivity index (χ0n) is 5.76. The first-order valence-corrected chi connectivity index (χ1v) is 3.00. The smallest absolute Gasteiger partial charge is 0.329 e. The van der Waals surface area contributed by atoms with Gasteiger partial charge in [0.25, 0.3) is 0 Å². The summed E-state index contributed by atoms with van der Waals surface area (Å²) in [5, 5.41) is 8.13. The largest absolute Gasteiger partial charge is 0.480 e. The summed E-state index contributed by atoms with van der Waals surface area (Å²) in [7, 11) is 0. The minimum atomic E-state index is -0.907.